The van der Waals surface area contributed by atoms with Crippen molar-refractivity contribution in [2.24, 2.45) is 11.7 Å². The standard InChI is InChI=1S/C15H22N2O2/c1-10-4-3-5-11(2)15(10)19-9-14(18)17-8-13(16)12-6-7-12/h3-5,12-13H,6-9,16H2,1-2H3,(H,17,18). The molecule has 0 aliphatic heterocycles. The first-order valence-corrected chi connectivity index (χ1v) is 6.79. The van der Waals surface area contributed by atoms with Crippen LogP contribution in [0.2, 0.25) is 0 Å². The third-order valence-electron chi connectivity index (χ3n) is 3.52. The summed E-state index contributed by atoms with van der Waals surface area (Å²) < 4.78 is 5.58. The van der Waals surface area contributed by atoms with Crippen molar-refractivity contribution < 1.29 is 9.53 Å². The van der Waals surface area contributed by atoms with Crippen LogP contribution in [0.1, 0.15) is 24.0 Å². The Bertz CT molecular complexity index is 435. The fourth-order valence-corrected chi connectivity index (χ4v) is 2.14. The molecule has 4 nitrogen and oxygen atoms in total. The van der Waals surface area contributed by atoms with Crippen LogP contribution in [0, 0.1) is 19.8 Å². The number of rotatable bonds is 6. The van der Waals surface area contributed by atoms with Crippen LogP contribution >= 0.6 is 0 Å². The second-order valence-corrected chi connectivity index (χ2v) is 5.31. The van der Waals surface area contributed by atoms with Crippen LogP contribution in [-0.2, 0) is 4.79 Å². The average Bonchev–Trinajstić information content (AvgIpc) is 3.19. The largest absolute Gasteiger partial charge is 0.483 e. The van der Waals surface area contributed by atoms with Crippen LogP contribution in [0.15, 0.2) is 18.2 Å². The van der Waals surface area contributed by atoms with Crippen LogP contribution in [-0.4, -0.2) is 25.1 Å². The predicted octanol–water partition coefficient (Wildman–Crippen LogP) is 1.54. The van der Waals surface area contributed by atoms with Crippen LogP contribution in [0.4, 0.5) is 0 Å². The summed E-state index contributed by atoms with van der Waals surface area (Å²) >= 11 is 0. The Morgan fingerprint density at radius 3 is 2.63 bits per heavy atom. The predicted molar refractivity (Wildman–Crippen MR) is 75.1 cm³/mol. The van der Waals surface area contributed by atoms with Crippen molar-refractivity contribution >= 4 is 5.91 Å². The number of nitrogens with two attached hydrogens (primary N) is 1. The summed E-state index contributed by atoms with van der Waals surface area (Å²) in [6.45, 7) is 4.54. The summed E-state index contributed by atoms with van der Waals surface area (Å²) in [7, 11) is 0. The van der Waals surface area contributed by atoms with Gasteiger partial charge in [-0.05, 0) is 43.7 Å². The van der Waals surface area contributed by atoms with E-state index >= 15 is 0 Å². The number of carbonyl (C=O) groups excluding carboxylic acids is 1. The molecular weight excluding hydrogens is 240 g/mol. The summed E-state index contributed by atoms with van der Waals surface area (Å²) in [6, 6.07) is 6.02. The highest BCUT2D eigenvalue weighted by Gasteiger charge is 2.28. The van der Waals surface area contributed by atoms with Crippen molar-refractivity contribution in [3.05, 3.63) is 29.3 Å². The van der Waals surface area contributed by atoms with Crippen LogP contribution in [0.5, 0.6) is 5.75 Å². The quantitative estimate of drug-likeness (QED) is 0.817. The first-order valence-electron chi connectivity index (χ1n) is 6.79. The Morgan fingerprint density at radius 1 is 1.42 bits per heavy atom. The van der Waals surface area contributed by atoms with Gasteiger partial charge in [-0.2, -0.15) is 0 Å². The van der Waals surface area contributed by atoms with E-state index in [0.29, 0.717) is 12.5 Å². The zero-order chi connectivity index (χ0) is 13.8. The summed E-state index contributed by atoms with van der Waals surface area (Å²) in [5.41, 5.74) is 8.02. The molecule has 0 aromatic heterocycles. The third kappa shape index (κ3) is 3.96. The SMILES string of the molecule is Cc1cccc(C)c1OCC(=O)NCC(N)C1CC1. The molecule has 19 heavy (non-hydrogen) atoms. The number of amides is 1. The highest BCUT2D eigenvalue weighted by Crippen LogP contribution is 2.31. The highest BCUT2D eigenvalue weighted by molar-refractivity contribution is 5.77. The molecule has 0 spiro atoms. The molecule has 1 unspecified atom stereocenters. The molecule has 1 atom stereocenters. The van der Waals surface area contributed by atoms with Gasteiger partial charge in [-0.1, -0.05) is 18.2 Å². The Labute approximate surface area is 114 Å². The van der Waals surface area contributed by atoms with E-state index in [4.69, 9.17) is 10.5 Å². The van der Waals surface area contributed by atoms with Gasteiger partial charge in [0.2, 0.25) is 0 Å². The van der Waals surface area contributed by atoms with Gasteiger partial charge in [0.1, 0.15) is 5.75 Å². The Balaban J connectivity index is 1.76. The molecule has 104 valence electrons. The van der Waals surface area contributed by atoms with Gasteiger partial charge in [-0.25, -0.2) is 0 Å². The maximum atomic E-state index is 11.7. The molecule has 1 aliphatic rings. The van der Waals surface area contributed by atoms with E-state index in [1.54, 1.807) is 0 Å². The van der Waals surface area contributed by atoms with Crippen molar-refractivity contribution in [2.45, 2.75) is 32.7 Å². The van der Waals surface area contributed by atoms with Crippen LogP contribution in [0.25, 0.3) is 0 Å². The smallest absolute Gasteiger partial charge is 0.257 e. The average molecular weight is 262 g/mol. The minimum Gasteiger partial charge on any atom is -0.483 e. The minimum atomic E-state index is -0.112. The summed E-state index contributed by atoms with van der Waals surface area (Å²) in [5.74, 6) is 1.28. The van der Waals surface area contributed by atoms with Gasteiger partial charge < -0.3 is 15.8 Å². The number of ether oxygens (including phenoxy) is 1. The molecule has 1 aliphatic carbocycles. The molecule has 2 rings (SSSR count). The van der Waals surface area contributed by atoms with Crippen molar-refractivity contribution in [3.63, 3.8) is 0 Å². The topological polar surface area (TPSA) is 64.3 Å². The van der Waals surface area contributed by atoms with Gasteiger partial charge >= 0.3 is 0 Å². The van der Waals surface area contributed by atoms with E-state index in [0.717, 1.165) is 16.9 Å². The summed E-state index contributed by atoms with van der Waals surface area (Å²) in [5, 5.41) is 2.82. The normalized spacial score (nSPS) is 15.9. The molecule has 0 radical (unpaired) electrons. The molecule has 1 aromatic carbocycles. The lowest BCUT2D eigenvalue weighted by atomic mass is 10.1. The second kappa shape index (κ2) is 6.06. The molecule has 0 saturated heterocycles. The zero-order valence-electron chi connectivity index (χ0n) is 11.6. The monoisotopic (exact) mass is 262 g/mol. The maximum absolute atomic E-state index is 11.7. The number of nitrogens with one attached hydrogen (secondary N) is 1. The summed E-state index contributed by atoms with van der Waals surface area (Å²) in [6.07, 6.45) is 2.38. The zero-order valence-corrected chi connectivity index (χ0v) is 11.6. The number of aryl methyl sites for hydroxylation is 2. The first kappa shape index (κ1) is 13.9. The molecule has 1 aromatic rings. The van der Waals surface area contributed by atoms with Crippen molar-refractivity contribution in [1.29, 1.82) is 0 Å². The molecule has 0 bridgehead atoms. The molecule has 1 saturated carbocycles. The number of benzene rings is 1. The Kier molecular flexibility index (Phi) is 4.43. The third-order valence-corrected chi connectivity index (χ3v) is 3.52. The number of hydrogen-bond donors (Lipinski definition) is 2. The van der Waals surface area contributed by atoms with E-state index in [2.05, 4.69) is 5.32 Å². The van der Waals surface area contributed by atoms with E-state index in [1.165, 1.54) is 12.8 Å². The number of para-hydroxylation sites is 1. The maximum Gasteiger partial charge on any atom is 0.257 e. The molecule has 0 heterocycles. The highest BCUT2D eigenvalue weighted by atomic mass is 16.5. The van der Waals surface area contributed by atoms with Gasteiger partial charge in [0, 0.05) is 12.6 Å². The van der Waals surface area contributed by atoms with Gasteiger partial charge in [-0.15, -0.1) is 0 Å². The molecular formula is C15H22N2O2. The lowest BCUT2D eigenvalue weighted by Crippen LogP contribution is -2.40. The summed E-state index contributed by atoms with van der Waals surface area (Å²) in [4.78, 5) is 11.7. The van der Waals surface area contributed by atoms with Gasteiger partial charge in [-0.3, -0.25) is 4.79 Å². The number of hydrogen-bond acceptors (Lipinski definition) is 3. The second-order valence-electron chi connectivity index (χ2n) is 5.31. The van der Waals surface area contributed by atoms with E-state index in [1.807, 2.05) is 32.0 Å². The van der Waals surface area contributed by atoms with Crippen molar-refractivity contribution in [2.75, 3.05) is 13.2 Å². The fourth-order valence-electron chi connectivity index (χ4n) is 2.14. The Hall–Kier alpha value is -1.55. The Morgan fingerprint density at radius 2 is 2.05 bits per heavy atom. The van der Waals surface area contributed by atoms with E-state index in [9.17, 15) is 4.79 Å². The lowest BCUT2D eigenvalue weighted by Gasteiger charge is -2.14. The van der Waals surface area contributed by atoms with Crippen LogP contribution < -0.4 is 15.8 Å². The van der Waals surface area contributed by atoms with Crippen molar-refractivity contribution in [1.82, 2.24) is 5.32 Å². The molecule has 4 heteroatoms. The molecule has 1 fully saturated rings. The minimum absolute atomic E-state index is 0.0447. The van der Waals surface area contributed by atoms with E-state index < -0.39 is 0 Å². The van der Waals surface area contributed by atoms with Crippen molar-refractivity contribution in [3.8, 4) is 5.75 Å². The first-order chi connectivity index (χ1) is 9.08. The number of carbonyl (C=O) groups is 1. The van der Waals surface area contributed by atoms with Gasteiger partial charge in [0.25, 0.3) is 5.91 Å². The molecule has 1 amide bonds. The van der Waals surface area contributed by atoms with Crippen LogP contribution in [0.3, 0.4) is 0 Å². The van der Waals surface area contributed by atoms with E-state index in [-0.39, 0.29) is 18.6 Å². The fraction of sp³-hybridized carbons (Fsp3) is 0.533. The van der Waals surface area contributed by atoms with Gasteiger partial charge in [0.05, 0.1) is 0 Å². The molecule has 3 N–H and O–H groups in total. The lowest BCUT2D eigenvalue weighted by molar-refractivity contribution is -0.123. The van der Waals surface area contributed by atoms with Gasteiger partial charge in [0.15, 0.2) is 6.61 Å².